The summed E-state index contributed by atoms with van der Waals surface area (Å²) in [5, 5.41) is 33.3. The summed E-state index contributed by atoms with van der Waals surface area (Å²) in [6.45, 7) is 6.67. The predicted octanol–water partition coefficient (Wildman–Crippen LogP) is -1.22. The van der Waals surface area contributed by atoms with Gasteiger partial charge in [-0.05, 0) is 24.9 Å². The zero-order valence-electron chi connectivity index (χ0n) is 10.3. The molecule has 5 heteroatoms. The van der Waals surface area contributed by atoms with Gasteiger partial charge in [-0.25, -0.2) is 0 Å². The van der Waals surface area contributed by atoms with Crippen molar-refractivity contribution < 1.29 is 15.3 Å². The van der Waals surface area contributed by atoms with Crippen LogP contribution in [-0.4, -0.2) is 60.8 Å². The number of hydrogen-bond donors (Lipinski definition) is 5. The van der Waals surface area contributed by atoms with E-state index in [4.69, 9.17) is 10.2 Å². The summed E-state index contributed by atoms with van der Waals surface area (Å²) in [7, 11) is 0. The predicted molar refractivity (Wildman–Crippen MR) is 64.2 cm³/mol. The average Bonchev–Trinajstić information content (AvgIpc) is 2.28. The fraction of sp³-hybridized carbons (Fsp3) is 1.00. The van der Waals surface area contributed by atoms with Crippen molar-refractivity contribution in [2.24, 2.45) is 11.8 Å². The maximum absolute atomic E-state index is 9.57. The maximum Gasteiger partial charge on any atom is 0.0788 e. The first kappa shape index (κ1) is 15.8. The molecule has 2 unspecified atom stereocenters. The highest BCUT2D eigenvalue weighted by molar-refractivity contribution is 4.65. The van der Waals surface area contributed by atoms with Gasteiger partial charge >= 0.3 is 0 Å². The fourth-order valence-corrected chi connectivity index (χ4v) is 1.19. The second-order valence-electron chi connectivity index (χ2n) is 4.55. The zero-order valence-corrected chi connectivity index (χ0v) is 10.3. The van der Waals surface area contributed by atoms with E-state index in [2.05, 4.69) is 10.6 Å². The molecule has 0 saturated heterocycles. The van der Waals surface area contributed by atoms with Crippen LogP contribution in [0.15, 0.2) is 0 Å². The Morgan fingerprint density at radius 3 is 1.50 bits per heavy atom. The zero-order chi connectivity index (χ0) is 12.4. The van der Waals surface area contributed by atoms with Crippen molar-refractivity contribution in [3.8, 4) is 0 Å². The molecule has 0 aromatic carbocycles. The van der Waals surface area contributed by atoms with Gasteiger partial charge in [0.25, 0.3) is 0 Å². The minimum Gasteiger partial charge on any atom is -0.396 e. The van der Waals surface area contributed by atoms with Crippen LogP contribution in [0.2, 0.25) is 0 Å². The Bertz CT molecular complexity index is 142. The van der Waals surface area contributed by atoms with Crippen LogP contribution in [0.4, 0.5) is 0 Å². The van der Waals surface area contributed by atoms with Gasteiger partial charge in [0.2, 0.25) is 0 Å². The van der Waals surface area contributed by atoms with Crippen LogP contribution in [0.3, 0.4) is 0 Å². The van der Waals surface area contributed by atoms with E-state index in [-0.39, 0.29) is 25.0 Å². The fourth-order valence-electron chi connectivity index (χ4n) is 1.19. The first-order valence-electron chi connectivity index (χ1n) is 5.91. The molecule has 98 valence electrons. The summed E-state index contributed by atoms with van der Waals surface area (Å²) in [5.41, 5.74) is 0. The molecule has 0 bridgehead atoms. The molecule has 2 atom stereocenters. The number of nitrogens with one attached hydrogen (secondary N) is 2. The lowest BCUT2D eigenvalue weighted by Gasteiger charge is -2.16. The highest BCUT2D eigenvalue weighted by Crippen LogP contribution is 1.90. The van der Waals surface area contributed by atoms with Gasteiger partial charge in [0.1, 0.15) is 0 Å². The molecule has 0 saturated carbocycles. The van der Waals surface area contributed by atoms with Gasteiger partial charge in [-0.1, -0.05) is 13.8 Å². The van der Waals surface area contributed by atoms with Crippen LogP contribution >= 0.6 is 0 Å². The molecule has 0 rings (SSSR count). The Balaban J connectivity index is 3.34. The molecule has 0 aliphatic rings. The van der Waals surface area contributed by atoms with E-state index >= 15 is 0 Å². The molecule has 0 aliphatic heterocycles. The summed E-state index contributed by atoms with van der Waals surface area (Å²) < 4.78 is 0. The highest BCUT2D eigenvalue weighted by Gasteiger charge is 2.06. The van der Waals surface area contributed by atoms with E-state index in [0.29, 0.717) is 26.2 Å². The van der Waals surface area contributed by atoms with Crippen molar-refractivity contribution in [1.82, 2.24) is 10.6 Å². The summed E-state index contributed by atoms with van der Waals surface area (Å²) in [6.07, 6.45) is -0.434. The third-order valence-corrected chi connectivity index (χ3v) is 2.37. The van der Waals surface area contributed by atoms with E-state index in [1.807, 2.05) is 13.8 Å². The van der Waals surface area contributed by atoms with Gasteiger partial charge in [0.05, 0.1) is 6.10 Å². The van der Waals surface area contributed by atoms with Crippen LogP contribution in [0.1, 0.15) is 13.8 Å². The van der Waals surface area contributed by atoms with Crippen molar-refractivity contribution in [2.75, 3.05) is 39.4 Å². The van der Waals surface area contributed by atoms with E-state index < -0.39 is 6.10 Å². The van der Waals surface area contributed by atoms with E-state index in [9.17, 15) is 5.11 Å². The first-order valence-corrected chi connectivity index (χ1v) is 5.91. The van der Waals surface area contributed by atoms with Crippen LogP contribution in [0, 0.1) is 11.8 Å². The number of hydrogen-bond acceptors (Lipinski definition) is 5. The summed E-state index contributed by atoms with van der Waals surface area (Å²) in [4.78, 5) is 0. The second kappa shape index (κ2) is 9.99. The van der Waals surface area contributed by atoms with Crippen LogP contribution in [0.5, 0.6) is 0 Å². The van der Waals surface area contributed by atoms with E-state index in [1.165, 1.54) is 0 Å². The van der Waals surface area contributed by atoms with Crippen LogP contribution in [0.25, 0.3) is 0 Å². The molecule has 0 aromatic rings. The topological polar surface area (TPSA) is 84.8 Å². The van der Waals surface area contributed by atoms with Crippen molar-refractivity contribution in [3.63, 3.8) is 0 Å². The Labute approximate surface area is 97.9 Å². The minimum absolute atomic E-state index is 0.162. The first-order chi connectivity index (χ1) is 7.60. The standard InChI is InChI=1S/C11H26N2O3/c1-9(7-14)3-12-5-11(16)6-13-4-10(2)8-15/h9-16H,3-8H2,1-2H3. The lowest BCUT2D eigenvalue weighted by atomic mass is 10.2. The third-order valence-electron chi connectivity index (χ3n) is 2.37. The molecule has 0 aromatic heterocycles. The summed E-state index contributed by atoms with van der Waals surface area (Å²) in [5.74, 6) is 0.434. The van der Waals surface area contributed by atoms with Gasteiger partial charge in [-0.15, -0.1) is 0 Å². The van der Waals surface area contributed by atoms with Gasteiger partial charge in [0, 0.05) is 26.3 Å². The Morgan fingerprint density at radius 2 is 1.19 bits per heavy atom. The molecule has 0 fully saturated rings. The molecule has 0 spiro atoms. The number of aliphatic hydroxyl groups is 3. The smallest absolute Gasteiger partial charge is 0.0788 e. The van der Waals surface area contributed by atoms with Crippen molar-refractivity contribution >= 4 is 0 Å². The Kier molecular flexibility index (Phi) is 9.86. The second-order valence-corrected chi connectivity index (χ2v) is 4.55. The van der Waals surface area contributed by atoms with Gasteiger partial charge in [0.15, 0.2) is 0 Å². The van der Waals surface area contributed by atoms with Crippen LogP contribution in [-0.2, 0) is 0 Å². The van der Waals surface area contributed by atoms with Crippen molar-refractivity contribution in [1.29, 1.82) is 0 Å². The monoisotopic (exact) mass is 234 g/mol. The maximum atomic E-state index is 9.57. The van der Waals surface area contributed by atoms with E-state index in [0.717, 1.165) is 0 Å². The van der Waals surface area contributed by atoms with Crippen molar-refractivity contribution in [3.05, 3.63) is 0 Å². The Morgan fingerprint density at radius 1 is 0.812 bits per heavy atom. The number of rotatable bonds is 10. The molecular weight excluding hydrogens is 208 g/mol. The molecule has 0 radical (unpaired) electrons. The quantitative estimate of drug-likeness (QED) is 0.327. The molecule has 0 amide bonds. The molecule has 5 nitrogen and oxygen atoms in total. The number of aliphatic hydroxyl groups excluding tert-OH is 3. The van der Waals surface area contributed by atoms with Crippen LogP contribution < -0.4 is 10.6 Å². The third kappa shape index (κ3) is 9.06. The molecule has 16 heavy (non-hydrogen) atoms. The lowest BCUT2D eigenvalue weighted by Crippen LogP contribution is -2.38. The largest absolute Gasteiger partial charge is 0.396 e. The SMILES string of the molecule is CC(CO)CNCC(O)CNCC(C)CO. The van der Waals surface area contributed by atoms with Gasteiger partial charge in [-0.2, -0.15) is 0 Å². The Hall–Kier alpha value is -0.200. The van der Waals surface area contributed by atoms with Gasteiger partial charge < -0.3 is 26.0 Å². The normalized spacial score (nSPS) is 17.1. The minimum atomic E-state index is -0.434. The molecule has 0 aliphatic carbocycles. The molecule has 0 heterocycles. The lowest BCUT2D eigenvalue weighted by molar-refractivity contribution is 0.158. The molecular formula is C11H26N2O3. The average molecular weight is 234 g/mol. The van der Waals surface area contributed by atoms with Crippen molar-refractivity contribution in [2.45, 2.75) is 20.0 Å². The summed E-state index contributed by atoms with van der Waals surface area (Å²) in [6, 6.07) is 0. The van der Waals surface area contributed by atoms with Gasteiger partial charge in [-0.3, -0.25) is 0 Å². The molecule has 5 N–H and O–H groups in total. The van der Waals surface area contributed by atoms with E-state index in [1.54, 1.807) is 0 Å². The highest BCUT2D eigenvalue weighted by atomic mass is 16.3. The summed E-state index contributed by atoms with van der Waals surface area (Å²) >= 11 is 0.